The summed E-state index contributed by atoms with van der Waals surface area (Å²) in [6.45, 7) is 2.49. The van der Waals surface area contributed by atoms with Gasteiger partial charge in [-0.05, 0) is 66.4 Å². The molecule has 0 saturated carbocycles. The third-order valence-corrected chi connectivity index (χ3v) is 7.24. The van der Waals surface area contributed by atoms with Gasteiger partial charge in [-0.1, -0.05) is 18.2 Å². The van der Waals surface area contributed by atoms with Crippen molar-refractivity contribution >= 4 is 23.6 Å². The van der Waals surface area contributed by atoms with E-state index in [4.69, 9.17) is 4.74 Å². The minimum atomic E-state index is 0.0290. The number of hydrogen-bond acceptors (Lipinski definition) is 5. The van der Waals surface area contributed by atoms with Gasteiger partial charge in [-0.25, -0.2) is 0 Å². The molecule has 1 aliphatic heterocycles. The molecule has 3 aromatic rings. The number of rotatable bonds is 8. The summed E-state index contributed by atoms with van der Waals surface area (Å²) < 4.78 is 5.19. The van der Waals surface area contributed by atoms with Crippen LogP contribution in [0.25, 0.3) is 0 Å². The van der Waals surface area contributed by atoms with E-state index in [-0.39, 0.29) is 11.8 Å². The molecule has 2 aromatic carbocycles. The summed E-state index contributed by atoms with van der Waals surface area (Å²) in [5.41, 5.74) is 2.98. The van der Waals surface area contributed by atoms with Crippen molar-refractivity contribution < 1.29 is 14.3 Å². The number of thioether (sulfide) groups is 1. The number of amides is 2. The molecule has 35 heavy (non-hydrogen) atoms. The third kappa shape index (κ3) is 7.09. The molecule has 1 fully saturated rings. The van der Waals surface area contributed by atoms with Gasteiger partial charge in [0.25, 0.3) is 5.91 Å². The lowest BCUT2D eigenvalue weighted by molar-refractivity contribution is -0.131. The van der Waals surface area contributed by atoms with E-state index >= 15 is 0 Å². The molecule has 7 heteroatoms. The highest BCUT2D eigenvalue weighted by molar-refractivity contribution is 7.98. The first-order valence-electron chi connectivity index (χ1n) is 11.9. The molecule has 4 rings (SSSR count). The summed E-state index contributed by atoms with van der Waals surface area (Å²) >= 11 is 1.73. The summed E-state index contributed by atoms with van der Waals surface area (Å²) in [6.07, 6.45) is 5.61. The minimum absolute atomic E-state index is 0.0290. The number of benzene rings is 2. The summed E-state index contributed by atoms with van der Waals surface area (Å²) in [7, 11) is 1.64. The van der Waals surface area contributed by atoms with E-state index in [0.29, 0.717) is 44.6 Å². The molecule has 182 valence electrons. The first-order chi connectivity index (χ1) is 17.1. The van der Waals surface area contributed by atoms with Crippen LogP contribution in [0.3, 0.4) is 0 Å². The summed E-state index contributed by atoms with van der Waals surface area (Å²) in [4.78, 5) is 34.9. The number of aryl methyl sites for hydroxylation is 1. The van der Waals surface area contributed by atoms with Gasteiger partial charge in [0.2, 0.25) is 5.91 Å². The van der Waals surface area contributed by atoms with Crippen molar-refractivity contribution in [3.63, 3.8) is 0 Å². The summed E-state index contributed by atoms with van der Waals surface area (Å²) in [5.74, 6) is 1.83. The van der Waals surface area contributed by atoms with Gasteiger partial charge < -0.3 is 14.5 Å². The second-order valence-corrected chi connectivity index (χ2v) is 9.60. The van der Waals surface area contributed by atoms with Crippen LogP contribution in [0.1, 0.15) is 34.3 Å². The van der Waals surface area contributed by atoms with Gasteiger partial charge >= 0.3 is 0 Å². The van der Waals surface area contributed by atoms with Crippen LogP contribution in [0.15, 0.2) is 78.0 Å². The Morgan fingerprint density at radius 2 is 1.66 bits per heavy atom. The monoisotopic (exact) mass is 489 g/mol. The van der Waals surface area contributed by atoms with Crippen LogP contribution < -0.4 is 4.74 Å². The first-order valence-corrected chi connectivity index (χ1v) is 12.9. The fourth-order valence-electron chi connectivity index (χ4n) is 4.10. The molecule has 0 atom stereocenters. The molecule has 0 bridgehead atoms. The number of ether oxygens (including phenoxy) is 1. The van der Waals surface area contributed by atoms with Crippen LogP contribution >= 0.6 is 11.8 Å². The van der Waals surface area contributed by atoms with Crippen molar-refractivity contribution in [2.45, 2.75) is 29.9 Å². The van der Waals surface area contributed by atoms with Crippen molar-refractivity contribution in [1.29, 1.82) is 0 Å². The van der Waals surface area contributed by atoms with Crippen LogP contribution in [0, 0.1) is 0 Å². The highest BCUT2D eigenvalue weighted by Gasteiger charge is 2.22. The zero-order valence-corrected chi connectivity index (χ0v) is 20.9. The zero-order chi connectivity index (χ0) is 24.5. The fourth-order valence-corrected chi connectivity index (χ4v) is 4.93. The zero-order valence-electron chi connectivity index (χ0n) is 20.1. The van der Waals surface area contributed by atoms with Crippen molar-refractivity contribution in [3.8, 4) is 5.75 Å². The molecule has 1 aromatic heterocycles. The lowest BCUT2D eigenvalue weighted by Gasteiger charge is -2.22. The number of nitrogens with zero attached hydrogens (tertiary/aromatic N) is 3. The fraction of sp³-hybridized carbons (Fsp3) is 0.321. The Labute approximate surface area is 211 Å². The first kappa shape index (κ1) is 24.8. The van der Waals surface area contributed by atoms with E-state index in [1.54, 1.807) is 25.1 Å². The van der Waals surface area contributed by atoms with Gasteiger partial charge in [0.05, 0.1) is 7.11 Å². The largest absolute Gasteiger partial charge is 0.497 e. The van der Waals surface area contributed by atoms with Crippen LogP contribution in [0.4, 0.5) is 0 Å². The van der Waals surface area contributed by atoms with Gasteiger partial charge in [0.15, 0.2) is 0 Å². The Kier molecular flexibility index (Phi) is 8.79. The summed E-state index contributed by atoms with van der Waals surface area (Å²) in [6, 6.07) is 19.6. The third-order valence-electron chi connectivity index (χ3n) is 6.15. The van der Waals surface area contributed by atoms with E-state index < -0.39 is 0 Å². The molecule has 0 radical (unpaired) electrons. The van der Waals surface area contributed by atoms with Crippen molar-refractivity contribution in [2.75, 3.05) is 33.3 Å². The number of carbonyl (C=O) groups excluding carboxylic acids is 2. The molecular weight excluding hydrogens is 458 g/mol. The molecule has 0 unspecified atom stereocenters. The maximum Gasteiger partial charge on any atom is 0.253 e. The molecule has 1 aliphatic rings. The second kappa shape index (κ2) is 12.4. The van der Waals surface area contributed by atoms with E-state index in [1.807, 2.05) is 70.6 Å². The number of pyridine rings is 1. The van der Waals surface area contributed by atoms with Gasteiger partial charge in [-0.3, -0.25) is 14.6 Å². The standard InChI is InChI=1S/C28H31N3O3S/c1-34-25-10-5-22(6-11-25)7-14-27(32)30-16-3-17-31(19-18-30)28(33)24-8-12-26(13-9-24)35-21-23-4-2-15-29-20-23/h2,4-6,8-13,15,20H,3,7,14,16-19,21H2,1H3. The Morgan fingerprint density at radius 1 is 0.914 bits per heavy atom. The highest BCUT2D eigenvalue weighted by atomic mass is 32.2. The Balaban J connectivity index is 1.25. The average Bonchev–Trinajstić information content (AvgIpc) is 3.18. The number of aromatic nitrogens is 1. The molecular formula is C28H31N3O3S. The van der Waals surface area contributed by atoms with E-state index in [9.17, 15) is 9.59 Å². The number of carbonyl (C=O) groups is 2. The Morgan fingerprint density at radius 3 is 2.37 bits per heavy atom. The van der Waals surface area contributed by atoms with E-state index in [1.165, 1.54) is 5.56 Å². The van der Waals surface area contributed by atoms with Crippen LogP contribution in [-0.4, -0.2) is 59.9 Å². The molecule has 2 amide bonds. The average molecular weight is 490 g/mol. The molecule has 0 aliphatic carbocycles. The molecule has 6 nitrogen and oxygen atoms in total. The summed E-state index contributed by atoms with van der Waals surface area (Å²) in [5, 5.41) is 0. The topological polar surface area (TPSA) is 62.7 Å². The normalized spacial score (nSPS) is 13.9. The second-order valence-electron chi connectivity index (χ2n) is 8.55. The van der Waals surface area contributed by atoms with Crippen molar-refractivity contribution in [2.24, 2.45) is 0 Å². The predicted molar refractivity (Wildman–Crippen MR) is 139 cm³/mol. The molecule has 0 N–H and O–H groups in total. The van der Waals surface area contributed by atoms with Crippen molar-refractivity contribution in [3.05, 3.63) is 89.7 Å². The van der Waals surface area contributed by atoms with Gasteiger partial charge in [-0.15, -0.1) is 11.8 Å². The number of methoxy groups -OCH3 is 1. The van der Waals surface area contributed by atoms with Gasteiger partial charge in [0.1, 0.15) is 5.75 Å². The lowest BCUT2D eigenvalue weighted by Crippen LogP contribution is -2.37. The lowest BCUT2D eigenvalue weighted by atomic mass is 10.1. The Hall–Kier alpha value is -3.32. The quantitative estimate of drug-likeness (QED) is 0.430. The van der Waals surface area contributed by atoms with E-state index in [0.717, 1.165) is 28.4 Å². The Bertz CT molecular complexity index is 1100. The molecule has 1 saturated heterocycles. The molecule has 2 heterocycles. The maximum absolute atomic E-state index is 13.1. The minimum Gasteiger partial charge on any atom is -0.497 e. The SMILES string of the molecule is COc1ccc(CCC(=O)N2CCCN(C(=O)c3ccc(SCc4cccnc4)cc3)CC2)cc1. The number of hydrogen-bond donors (Lipinski definition) is 0. The van der Waals surface area contributed by atoms with Crippen LogP contribution in [0.2, 0.25) is 0 Å². The highest BCUT2D eigenvalue weighted by Crippen LogP contribution is 2.23. The van der Waals surface area contributed by atoms with Gasteiger partial charge in [0, 0.05) is 61.2 Å². The van der Waals surface area contributed by atoms with Gasteiger partial charge in [-0.2, -0.15) is 0 Å². The van der Waals surface area contributed by atoms with E-state index in [2.05, 4.69) is 11.1 Å². The maximum atomic E-state index is 13.1. The predicted octanol–water partition coefficient (Wildman–Crippen LogP) is 4.69. The molecule has 0 spiro atoms. The van der Waals surface area contributed by atoms with Crippen LogP contribution in [0.5, 0.6) is 5.75 Å². The van der Waals surface area contributed by atoms with Crippen LogP contribution in [-0.2, 0) is 17.0 Å². The van der Waals surface area contributed by atoms with Crippen molar-refractivity contribution in [1.82, 2.24) is 14.8 Å². The smallest absolute Gasteiger partial charge is 0.253 e.